The zero-order valence-corrected chi connectivity index (χ0v) is 16.5. The number of anilines is 2. The second-order valence-electron chi connectivity index (χ2n) is 6.63. The number of rotatable bonds is 4. The van der Waals surface area contributed by atoms with E-state index in [0.29, 0.717) is 18.9 Å². The van der Waals surface area contributed by atoms with Crippen molar-refractivity contribution in [2.45, 2.75) is 6.92 Å². The SMILES string of the molecule is Cc1onc(-c2c(F)cccc2Cl)c1C(=O)Nc1ccccc1N1CCOCC1. The lowest BCUT2D eigenvalue weighted by Crippen LogP contribution is -2.36. The van der Waals surface area contributed by atoms with Crippen LogP contribution in [0.1, 0.15) is 16.1 Å². The number of para-hydroxylation sites is 2. The maximum Gasteiger partial charge on any atom is 0.261 e. The average Bonchev–Trinajstić information content (AvgIpc) is 3.10. The van der Waals surface area contributed by atoms with E-state index in [1.54, 1.807) is 13.0 Å². The Bertz CT molecular complexity index is 1030. The van der Waals surface area contributed by atoms with Crippen LogP contribution in [0.5, 0.6) is 0 Å². The number of aryl methyl sites for hydroxylation is 1. The quantitative estimate of drug-likeness (QED) is 0.678. The third kappa shape index (κ3) is 3.83. The molecule has 4 rings (SSSR count). The van der Waals surface area contributed by atoms with Gasteiger partial charge in [-0.2, -0.15) is 0 Å². The number of carbonyl (C=O) groups is 1. The summed E-state index contributed by atoms with van der Waals surface area (Å²) in [5, 5.41) is 6.96. The van der Waals surface area contributed by atoms with E-state index in [0.717, 1.165) is 18.8 Å². The average molecular weight is 416 g/mol. The molecule has 0 bridgehead atoms. The highest BCUT2D eigenvalue weighted by atomic mass is 35.5. The van der Waals surface area contributed by atoms with E-state index in [-0.39, 0.29) is 27.6 Å². The Morgan fingerprint density at radius 1 is 1.17 bits per heavy atom. The van der Waals surface area contributed by atoms with Gasteiger partial charge in [0.2, 0.25) is 0 Å². The molecule has 0 unspecified atom stereocenters. The van der Waals surface area contributed by atoms with Gasteiger partial charge in [-0.25, -0.2) is 4.39 Å². The lowest BCUT2D eigenvalue weighted by molar-refractivity contribution is 0.102. The summed E-state index contributed by atoms with van der Waals surface area (Å²) in [6, 6.07) is 11.8. The second kappa shape index (κ2) is 8.23. The number of halogens is 2. The molecule has 0 aliphatic carbocycles. The highest BCUT2D eigenvalue weighted by Crippen LogP contribution is 2.34. The Morgan fingerprint density at radius 3 is 2.69 bits per heavy atom. The van der Waals surface area contributed by atoms with Crippen molar-refractivity contribution < 1.29 is 18.4 Å². The van der Waals surface area contributed by atoms with Gasteiger partial charge in [-0.05, 0) is 31.2 Å². The van der Waals surface area contributed by atoms with Crippen LogP contribution in [-0.4, -0.2) is 37.4 Å². The number of nitrogens with zero attached hydrogens (tertiary/aromatic N) is 2. The molecule has 1 fully saturated rings. The normalized spacial score (nSPS) is 14.1. The van der Waals surface area contributed by atoms with Gasteiger partial charge in [0.1, 0.15) is 22.8 Å². The van der Waals surface area contributed by atoms with Crippen LogP contribution in [0, 0.1) is 12.7 Å². The molecule has 2 heterocycles. The third-order valence-corrected chi connectivity index (χ3v) is 5.11. The number of amides is 1. The predicted octanol–water partition coefficient (Wildman–Crippen LogP) is 4.53. The largest absolute Gasteiger partial charge is 0.378 e. The van der Waals surface area contributed by atoms with Gasteiger partial charge in [0.15, 0.2) is 0 Å². The highest BCUT2D eigenvalue weighted by Gasteiger charge is 2.26. The molecule has 2 aromatic carbocycles. The molecule has 0 spiro atoms. The summed E-state index contributed by atoms with van der Waals surface area (Å²) in [7, 11) is 0. The first kappa shape index (κ1) is 19.4. The van der Waals surface area contributed by atoms with Crippen molar-refractivity contribution in [2.75, 3.05) is 36.5 Å². The maximum atomic E-state index is 14.4. The van der Waals surface area contributed by atoms with Crippen molar-refractivity contribution in [1.82, 2.24) is 5.16 Å². The van der Waals surface area contributed by atoms with Crippen molar-refractivity contribution in [3.63, 3.8) is 0 Å². The first-order valence-electron chi connectivity index (χ1n) is 9.20. The van der Waals surface area contributed by atoms with Gasteiger partial charge in [-0.1, -0.05) is 35.0 Å². The molecule has 3 aromatic rings. The number of aromatic nitrogens is 1. The Morgan fingerprint density at radius 2 is 1.93 bits per heavy atom. The lowest BCUT2D eigenvalue weighted by atomic mass is 10.0. The first-order chi connectivity index (χ1) is 14.1. The van der Waals surface area contributed by atoms with E-state index < -0.39 is 11.7 Å². The van der Waals surface area contributed by atoms with Crippen molar-refractivity contribution in [3.05, 3.63) is 64.6 Å². The summed E-state index contributed by atoms with van der Waals surface area (Å²) in [5.41, 5.74) is 1.80. The molecule has 1 saturated heterocycles. The van der Waals surface area contributed by atoms with Gasteiger partial charge < -0.3 is 19.5 Å². The molecule has 6 nitrogen and oxygen atoms in total. The number of carbonyl (C=O) groups excluding carboxylic acids is 1. The zero-order valence-electron chi connectivity index (χ0n) is 15.7. The maximum absolute atomic E-state index is 14.4. The van der Waals surface area contributed by atoms with Gasteiger partial charge in [0.05, 0.1) is 35.2 Å². The topological polar surface area (TPSA) is 67.6 Å². The molecule has 1 N–H and O–H groups in total. The molecular formula is C21H19ClFN3O3. The summed E-state index contributed by atoms with van der Waals surface area (Å²) in [5.74, 6) is -0.743. The van der Waals surface area contributed by atoms with Crippen LogP contribution in [0.15, 0.2) is 47.0 Å². The van der Waals surface area contributed by atoms with E-state index in [9.17, 15) is 9.18 Å². The van der Waals surface area contributed by atoms with E-state index in [2.05, 4.69) is 15.4 Å². The first-order valence-corrected chi connectivity index (χ1v) is 9.58. The Kier molecular flexibility index (Phi) is 5.51. The highest BCUT2D eigenvalue weighted by molar-refractivity contribution is 6.33. The van der Waals surface area contributed by atoms with Gasteiger partial charge in [-0.3, -0.25) is 4.79 Å². The van der Waals surface area contributed by atoms with Crippen LogP contribution >= 0.6 is 11.6 Å². The molecule has 150 valence electrons. The standard InChI is InChI=1S/C21H19ClFN3O3/c1-13-18(20(25-29-13)19-14(22)5-4-6-15(19)23)21(27)24-16-7-2-3-8-17(16)26-9-11-28-12-10-26/h2-8H,9-12H2,1H3,(H,24,27). The van der Waals surface area contributed by atoms with E-state index >= 15 is 0 Å². The summed E-state index contributed by atoms with van der Waals surface area (Å²) < 4.78 is 25.0. The van der Waals surface area contributed by atoms with Crippen LogP contribution < -0.4 is 10.2 Å². The minimum absolute atomic E-state index is 0.0395. The number of benzene rings is 2. The van der Waals surface area contributed by atoms with Crippen molar-refractivity contribution in [2.24, 2.45) is 0 Å². The lowest BCUT2D eigenvalue weighted by Gasteiger charge is -2.30. The molecule has 1 aliphatic rings. The van der Waals surface area contributed by atoms with E-state index in [1.807, 2.05) is 24.3 Å². The van der Waals surface area contributed by atoms with Gasteiger partial charge >= 0.3 is 0 Å². The zero-order chi connectivity index (χ0) is 20.4. The van der Waals surface area contributed by atoms with Crippen molar-refractivity contribution in [1.29, 1.82) is 0 Å². The molecule has 8 heteroatoms. The second-order valence-corrected chi connectivity index (χ2v) is 7.04. The minimum atomic E-state index is -0.575. The van der Waals surface area contributed by atoms with Crippen LogP contribution in [-0.2, 0) is 4.74 Å². The number of nitrogens with one attached hydrogen (secondary N) is 1. The molecule has 0 saturated carbocycles. The summed E-state index contributed by atoms with van der Waals surface area (Å²) in [6.07, 6.45) is 0. The number of morpholine rings is 1. The summed E-state index contributed by atoms with van der Waals surface area (Å²) in [4.78, 5) is 15.3. The Balaban J connectivity index is 1.69. The van der Waals surface area contributed by atoms with Crippen LogP contribution in [0.3, 0.4) is 0 Å². The van der Waals surface area contributed by atoms with E-state index in [4.69, 9.17) is 20.9 Å². The van der Waals surface area contributed by atoms with E-state index in [1.165, 1.54) is 12.1 Å². The fourth-order valence-electron chi connectivity index (χ4n) is 3.38. The molecular weight excluding hydrogens is 397 g/mol. The smallest absolute Gasteiger partial charge is 0.261 e. The Hall–Kier alpha value is -2.90. The minimum Gasteiger partial charge on any atom is -0.378 e. The van der Waals surface area contributed by atoms with Crippen LogP contribution in [0.25, 0.3) is 11.3 Å². The molecule has 0 atom stereocenters. The molecule has 1 aromatic heterocycles. The fraction of sp³-hybridized carbons (Fsp3) is 0.238. The molecule has 0 radical (unpaired) electrons. The van der Waals surface area contributed by atoms with Crippen molar-refractivity contribution in [3.8, 4) is 11.3 Å². The summed E-state index contributed by atoms with van der Waals surface area (Å²) in [6.45, 7) is 4.32. The number of ether oxygens (including phenoxy) is 1. The van der Waals surface area contributed by atoms with Gasteiger partial charge in [0, 0.05) is 13.1 Å². The number of hydrogen-bond donors (Lipinski definition) is 1. The predicted molar refractivity (Wildman–Crippen MR) is 109 cm³/mol. The fourth-order valence-corrected chi connectivity index (χ4v) is 3.63. The molecule has 1 aliphatic heterocycles. The van der Waals surface area contributed by atoms with Gasteiger partial charge in [0.25, 0.3) is 5.91 Å². The monoisotopic (exact) mass is 415 g/mol. The Labute approximate surface area is 172 Å². The van der Waals surface area contributed by atoms with Crippen molar-refractivity contribution >= 4 is 28.9 Å². The number of hydrogen-bond acceptors (Lipinski definition) is 5. The molecule has 29 heavy (non-hydrogen) atoms. The van der Waals surface area contributed by atoms with Crippen LogP contribution in [0.4, 0.5) is 15.8 Å². The van der Waals surface area contributed by atoms with Gasteiger partial charge in [-0.15, -0.1) is 0 Å². The molecule has 1 amide bonds. The third-order valence-electron chi connectivity index (χ3n) is 4.79. The van der Waals surface area contributed by atoms with Crippen LogP contribution in [0.2, 0.25) is 5.02 Å². The summed E-state index contributed by atoms with van der Waals surface area (Å²) >= 11 is 6.17.